The van der Waals surface area contributed by atoms with E-state index < -0.39 is 0 Å². The lowest BCUT2D eigenvalue weighted by Gasteiger charge is -2.06. The molecule has 21 heavy (non-hydrogen) atoms. The van der Waals surface area contributed by atoms with Gasteiger partial charge in [0.2, 0.25) is 0 Å². The number of ether oxygens (including phenoxy) is 1. The molecule has 116 valence electrons. The van der Waals surface area contributed by atoms with Crippen LogP contribution in [0.2, 0.25) is 0 Å². The molecule has 5 heteroatoms. The van der Waals surface area contributed by atoms with Gasteiger partial charge in [-0.05, 0) is 32.4 Å². The van der Waals surface area contributed by atoms with Crippen molar-refractivity contribution in [2.24, 2.45) is 0 Å². The fraction of sp³-hybridized carbons (Fsp3) is 0.562. The van der Waals surface area contributed by atoms with Crippen LogP contribution in [-0.2, 0) is 24.2 Å². The minimum Gasteiger partial charge on any atom is -0.383 e. The molecule has 0 aliphatic carbocycles. The number of nitrogens with zero attached hydrogens (tertiary/aromatic N) is 2. The van der Waals surface area contributed by atoms with E-state index in [0.29, 0.717) is 0 Å². The summed E-state index contributed by atoms with van der Waals surface area (Å²) in [4.78, 5) is 2.81. The van der Waals surface area contributed by atoms with Gasteiger partial charge >= 0.3 is 0 Å². The minimum absolute atomic E-state index is 0.737. The molecular formula is C16H25N3OS. The number of hydrogen-bond donors (Lipinski definition) is 1. The smallest absolute Gasteiger partial charge is 0.0755 e. The van der Waals surface area contributed by atoms with Crippen molar-refractivity contribution in [2.75, 3.05) is 20.3 Å². The first-order valence-corrected chi connectivity index (χ1v) is 8.27. The van der Waals surface area contributed by atoms with E-state index in [1.807, 2.05) is 11.3 Å². The Morgan fingerprint density at radius 2 is 2.05 bits per heavy atom. The van der Waals surface area contributed by atoms with Crippen LogP contribution in [-0.4, -0.2) is 30.0 Å². The summed E-state index contributed by atoms with van der Waals surface area (Å²) in [6.07, 6.45) is 1.11. The molecule has 4 nitrogen and oxygen atoms in total. The second kappa shape index (κ2) is 7.73. The number of rotatable bonds is 8. The molecule has 0 atom stereocenters. The van der Waals surface area contributed by atoms with E-state index in [0.717, 1.165) is 38.4 Å². The van der Waals surface area contributed by atoms with Crippen LogP contribution in [0.25, 0.3) is 0 Å². The molecular weight excluding hydrogens is 282 g/mol. The van der Waals surface area contributed by atoms with Gasteiger partial charge in [-0.3, -0.25) is 4.68 Å². The molecule has 0 aliphatic rings. The first kappa shape index (κ1) is 16.2. The van der Waals surface area contributed by atoms with Crippen molar-refractivity contribution in [3.63, 3.8) is 0 Å². The number of hydrogen-bond acceptors (Lipinski definition) is 4. The predicted octanol–water partition coefficient (Wildman–Crippen LogP) is 2.91. The van der Waals surface area contributed by atoms with Gasteiger partial charge in [0.05, 0.1) is 18.8 Å². The highest BCUT2D eigenvalue weighted by Crippen LogP contribution is 2.20. The molecule has 0 saturated heterocycles. The van der Waals surface area contributed by atoms with Gasteiger partial charge in [-0.2, -0.15) is 5.10 Å². The van der Waals surface area contributed by atoms with Crippen LogP contribution in [0.15, 0.2) is 12.1 Å². The summed E-state index contributed by atoms with van der Waals surface area (Å²) < 4.78 is 7.17. The summed E-state index contributed by atoms with van der Waals surface area (Å²) in [6, 6.07) is 4.44. The molecule has 2 aromatic rings. The van der Waals surface area contributed by atoms with Crippen LogP contribution in [0, 0.1) is 13.8 Å². The molecule has 0 unspecified atom stereocenters. The third-order valence-corrected chi connectivity index (χ3v) is 4.90. The van der Waals surface area contributed by atoms with Gasteiger partial charge in [-0.15, -0.1) is 11.3 Å². The molecule has 2 heterocycles. The van der Waals surface area contributed by atoms with Crippen molar-refractivity contribution in [3.8, 4) is 0 Å². The Bertz CT molecular complexity index is 574. The SMILES string of the molecule is CCc1ccc(Cn2nc(C)c(CNCCOC)c2C)s1. The first-order chi connectivity index (χ1) is 10.2. The van der Waals surface area contributed by atoms with E-state index in [1.165, 1.54) is 21.0 Å². The molecule has 0 saturated carbocycles. The zero-order chi connectivity index (χ0) is 15.2. The zero-order valence-corrected chi connectivity index (χ0v) is 14.2. The van der Waals surface area contributed by atoms with Crippen LogP contribution in [0.3, 0.4) is 0 Å². The second-order valence-corrected chi connectivity index (χ2v) is 6.45. The monoisotopic (exact) mass is 307 g/mol. The number of nitrogens with one attached hydrogen (secondary N) is 1. The molecule has 0 aromatic carbocycles. The molecule has 0 fully saturated rings. The fourth-order valence-corrected chi connectivity index (χ4v) is 3.32. The third-order valence-electron chi connectivity index (χ3n) is 3.69. The van der Waals surface area contributed by atoms with E-state index in [-0.39, 0.29) is 0 Å². The van der Waals surface area contributed by atoms with Crippen molar-refractivity contribution in [3.05, 3.63) is 38.8 Å². The van der Waals surface area contributed by atoms with Gasteiger partial charge < -0.3 is 10.1 Å². The number of aromatic nitrogens is 2. The van der Waals surface area contributed by atoms with E-state index >= 15 is 0 Å². The standard InChI is InChI=1S/C16H25N3OS/c1-5-14-6-7-15(21-14)11-19-13(3)16(12(2)18-19)10-17-8-9-20-4/h6-7,17H,5,8-11H2,1-4H3. The average molecular weight is 307 g/mol. The summed E-state index contributed by atoms with van der Waals surface area (Å²) >= 11 is 1.88. The number of methoxy groups -OCH3 is 1. The Labute approximate surface area is 131 Å². The van der Waals surface area contributed by atoms with Crippen molar-refractivity contribution >= 4 is 11.3 Å². The van der Waals surface area contributed by atoms with Gasteiger partial charge in [0.25, 0.3) is 0 Å². The molecule has 0 aliphatic heterocycles. The molecule has 0 radical (unpaired) electrons. The molecule has 2 rings (SSSR count). The quantitative estimate of drug-likeness (QED) is 0.762. The first-order valence-electron chi connectivity index (χ1n) is 7.45. The number of aryl methyl sites for hydroxylation is 2. The summed E-state index contributed by atoms with van der Waals surface area (Å²) in [5.74, 6) is 0. The molecule has 0 amide bonds. The third kappa shape index (κ3) is 4.15. The Kier molecular flexibility index (Phi) is 5.96. The van der Waals surface area contributed by atoms with Gasteiger partial charge in [0, 0.05) is 41.2 Å². The van der Waals surface area contributed by atoms with Gasteiger partial charge in [-0.1, -0.05) is 6.92 Å². The molecule has 0 bridgehead atoms. The van der Waals surface area contributed by atoms with Gasteiger partial charge in [0.15, 0.2) is 0 Å². The summed E-state index contributed by atoms with van der Waals surface area (Å²) in [5, 5.41) is 8.09. The van der Waals surface area contributed by atoms with E-state index in [1.54, 1.807) is 7.11 Å². The minimum atomic E-state index is 0.737. The van der Waals surface area contributed by atoms with Crippen LogP contribution in [0.4, 0.5) is 0 Å². The van der Waals surface area contributed by atoms with E-state index in [2.05, 4.69) is 42.9 Å². The maximum atomic E-state index is 5.06. The van der Waals surface area contributed by atoms with Gasteiger partial charge in [-0.25, -0.2) is 0 Å². The lowest BCUT2D eigenvalue weighted by atomic mass is 10.2. The highest BCUT2D eigenvalue weighted by Gasteiger charge is 2.12. The van der Waals surface area contributed by atoms with Crippen LogP contribution in [0.5, 0.6) is 0 Å². The van der Waals surface area contributed by atoms with E-state index in [9.17, 15) is 0 Å². The highest BCUT2D eigenvalue weighted by atomic mass is 32.1. The highest BCUT2D eigenvalue weighted by molar-refractivity contribution is 7.11. The largest absolute Gasteiger partial charge is 0.383 e. The Morgan fingerprint density at radius 1 is 1.29 bits per heavy atom. The van der Waals surface area contributed by atoms with Crippen LogP contribution >= 0.6 is 11.3 Å². The Hall–Kier alpha value is -1.17. The van der Waals surface area contributed by atoms with Crippen molar-refractivity contribution in [1.82, 2.24) is 15.1 Å². The zero-order valence-electron chi connectivity index (χ0n) is 13.4. The Morgan fingerprint density at radius 3 is 2.71 bits per heavy atom. The lowest BCUT2D eigenvalue weighted by molar-refractivity contribution is 0.199. The average Bonchev–Trinajstić information content (AvgIpc) is 3.03. The summed E-state index contributed by atoms with van der Waals surface area (Å²) in [5.41, 5.74) is 3.67. The lowest BCUT2D eigenvalue weighted by Crippen LogP contribution is -2.19. The second-order valence-electron chi connectivity index (χ2n) is 5.20. The van der Waals surface area contributed by atoms with Gasteiger partial charge in [0.1, 0.15) is 0 Å². The molecule has 2 aromatic heterocycles. The van der Waals surface area contributed by atoms with Crippen molar-refractivity contribution in [2.45, 2.75) is 40.3 Å². The van der Waals surface area contributed by atoms with Crippen molar-refractivity contribution in [1.29, 1.82) is 0 Å². The van der Waals surface area contributed by atoms with Crippen molar-refractivity contribution < 1.29 is 4.74 Å². The maximum absolute atomic E-state index is 5.06. The Balaban J connectivity index is 2.03. The normalized spacial score (nSPS) is 11.2. The van der Waals surface area contributed by atoms with E-state index in [4.69, 9.17) is 9.84 Å². The summed E-state index contributed by atoms with van der Waals surface area (Å²) in [6.45, 7) is 9.76. The molecule has 0 spiro atoms. The predicted molar refractivity (Wildman–Crippen MR) is 88.1 cm³/mol. The number of thiophene rings is 1. The molecule has 1 N–H and O–H groups in total. The maximum Gasteiger partial charge on any atom is 0.0755 e. The topological polar surface area (TPSA) is 39.1 Å². The van der Waals surface area contributed by atoms with Crippen LogP contribution < -0.4 is 5.32 Å². The van der Waals surface area contributed by atoms with Crippen LogP contribution in [0.1, 0.15) is 33.6 Å². The fourth-order valence-electron chi connectivity index (χ4n) is 2.38. The summed E-state index contributed by atoms with van der Waals surface area (Å²) in [7, 11) is 1.72.